The molecule has 0 spiro atoms. The van der Waals surface area contributed by atoms with E-state index in [4.69, 9.17) is 22.1 Å². The van der Waals surface area contributed by atoms with Gasteiger partial charge in [-0.3, -0.25) is 4.79 Å². The smallest absolute Gasteiger partial charge is 0.250 e. The van der Waals surface area contributed by atoms with E-state index in [0.717, 1.165) is 11.3 Å². The first kappa shape index (κ1) is 15.1. The predicted molar refractivity (Wildman–Crippen MR) is 82.7 cm³/mol. The van der Waals surface area contributed by atoms with Crippen molar-refractivity contribution in [2.75, 3.05) is 11.9 Å². The number of para-hydroxylation sites is 1. The van der Waals surface area contributed by atoms with Crippen LogP contribution < -0.4 is 15.8 Å². The molecule has 1 amide bonds. The number of halogens is 1. The minimum atomic E-state index is -0.558. The second kappa shape index (κ2) is 6.95. The van der Waals surface area contributed by atoms with E-state index in [1.54, 1.807) is 0 Å². The van der Waals surface area contributed by atoms with Gasteiger partial charge in [-0.1, -0.05) is 29.8 Å². The highest BCUT2D eigenvalue weighted by Gasteiger charge is 2.08. The van der Waals surface area contributed by atoms with E-state index in [1.807, 2.05) is 31.2 Å². The van der Waals surface area contributed by atoms with Gasteiger partial charge in [-0.15, -0.1) is 0 Å². The van der Waals surface area contributed by atoms with Crippen LogP contribution in [0, 0.1) is 0 Å². The molecule has 2 aromatic rings. The average Bonchev–Trinajstić information content (AvgIpc) is 2.47. The number of rotatable bonds is 6. The largest absolute Gasteiger partial charge is 0.494 e. The first-order chi connectivity index (χ1) is 10.1. The molecule has 0 aliphatic carbocycles. The quantitative estimate of drug-likeness (QED) is 0.860. The molecule has 3 N–H and O–H groups in total. The maximum absolute atomic E-state index is 11.0. The van der Waals surface area contributed by atoms with Crippen molar-refractivity contribution in [3.05, 3.63) is 52.7 Å². The van der Waals surface area contributed by atoms with Crippen molar-refractivity contribution in [2.24, 2.45) is 5.73 Å². The molecule has 0 fully saturated rings. The fraction of sp³-hybridized carbons (Fsp3) is 0.200. The highest BCUT2D eigenvalue weighted by molar-refractivity contribution is 6.33. The van der Waals surface area contributed by atoms with Crippen LogP contribution in [0.4, 0.5) is 5.82 Å². The predicted octanol–water partition coefficient (Wildman–Crippen LogP) is 2.84. The van der Waals surface area contributed by atoms with Crippen molar-refractivity contribution in [3.63, 3.8) is 0 Å². The van der Waals surface area contributed by atoms with Gasteiger partial charge >= 0.3 is 0 Å². The van der Waals surface area contributed by atoms with Crippen LogP contribution in [-0.4, -0.2) is 17.5 Å². The van der Waals surface area contributed by atoms with Gasteiger partial charge in [-0.25, -0.2) is 4.98 Å². The molecule has 1 aromatic heterocycles. The second-order valence-corrected chi connectivity index (χ2v) is 4.72. The van der Waals surface area contributed by atoms with Crippen molar-refractivity contribution in [1.29, 1.82) is 0 Å². The molecule has 0 saturated heterocycles. The lowest BCUT2D eigenvalue weighted by atomic mass is 10.2. The third-order valence-electron chi connectivity index (χ3n) is 2.84. The molecule has 21 heavy (non-hydrogen) atoms. The molecule has 0 aliphatic heterocycles. The maximum Gasteiger partial charge on any atom is 0.250 e. The van der Waals surface area contributed by atoms with Crippen LogP contribution >= 0.6 is 11.6 Å². The Morgan fingerprint density at radius 3 is 2.86 bits per heavy atom. The standard InChI is InChI=1S/C15H16ClN3O2/c1-2-21-13-6-4-3-5-10(13)8-18-15-12(16)7-11(9-19-15)14(17)20/h3-7,9H,2,8H2,1H3,(H2,17,20)(H,18,19). The number of anilines is 1. The summed E-state index contributed by atoms with van der Waals surface area (Å²) in [6.07, 6.45) is 1.39. The average molecular weight is 306 g/mol. The van der Waals surface area contributed by atoms with Crippen molar-refractivity contribution in [3.8, 4) is 5.75 Å². The Balaban J connectivity index is 2.11. The highest BCUT2D eigenvalue weighted by atomic mass is 35.5. The highest BCUT2D eigenvalue weighted by Crippen LogP contribution is 2.23. The number of hydrogen-bond acceptors (Lipinski definition) is 4. The van der Waals surface area contributed by atoms with Crippen molar-refractivity contribution >= 4 is 23.3 Å². The van der Waals surface area contributed by atoms with Gasteiger partial charge in [-0.2, -0.15) is 0 Å². The van der Waals surface area contributed by atoms with Gasteiger partial charge in [0.15, 0.2) is 0 Å². The lowest BCUT2D eigenvalue weighted by Crippen LogP contribution is -2.12. The monoisotopic (exact) mass is 305 g/mol. The Kier molecular flexibility index (Phi) is 5.00. The summed E-state index contributed by atoms with van der Waals surface area (Å²) in [6, 6.07) is 9.22. The second-order valence-electron chi connectivity index (χ2n) is 4.31. The van der Waals surface area contributed by atoms with Gasteiger partial charge in [0, 0.05) is 18.3 Å². The topological polar surface area (TPSA) is 77.2 Å². The molecule has 2 rings (SSSR count). The number of amides is 1. The number of ether oxygens (including phenoxy) is 1. The summed E-state index contributed by atoms with van der Waals surface area (Å²) in [7, 11) is 0. The normalized spacial score (nSPS) is 10.2. The Labute approximate surface area is 128 Å². The molecule has 0 radical (unpaired) electrons. The van der Waals surface area contributed by atoms with Crippen LogP contribution in [0.15, 0.2) is 36.5 Å². The third-order valence-corrected chi connectivity index (χ3v) is 3.13. The Bertz CT molecular complexity index is 647. The minimum absolute atomic E-state index is 0.278. The lowest BCUT2D eigenvalue weighted by molar-refractivity contribution is 0.1000. The molecule has 0 atom stereocenters. The summed E-state index contributed by atoms with van der Waals surface area (Å²) in [4.78, 5) is 15.2. The van der Waals surface area contributed by atoms with Gasteiger partial charge in [0.1, 0.15) is 11.6 Å². The van der Waals surface area contributed by atoms with Gasteiger partial charge in [0.25, 0.3) is 0 Å². The molecule has 0 saturated carbocycles. The fourth-order valence-electron chi connectivity index (χ4n) is 1.83. The first-order valence-electron chi connectivity index (χ1n) is 6.51. The Morgan fingerprint density at radius 1 is 1.43 bits per heavy atom. The summed E-state index contributed by atoms with van der Waals surface area (Å²) in [5.41, 5.74) is 6.45. The van der Waals surface area contributed by atoms with Crippen LogP contribution in [-0.2, 0) is 6.54 Å². The van der Waals surface area contributed by atoms with E-state index < -0.39 is 5.91 Å². The van der Waals surface area contributed by atoms with E-state index in [9.17, 15) is 4.79 Å². The number of primary amides is 1. The molecular weight excluding hydrogens is 290 g/mol. The molecule has 1 aromatic carbocycles. The number of nitrogens with two attached hydrogens (primary N) is 1. The van der Waals surface area contributed by atoms with Crippen LogP contribution in [0.3, 0.4) is 0 Å². The zero-order valence-corrected chi connectivity index (χ0v) is 12.4. The number of carbonyl (C=O) groups excluding carboxylic acids is 1. The zero-order valence-electron chi connectivity index (χ0n) is 11.6. The van der Waals surface area contributed by atoms with E-state index in [0.29, 0.717) is 24.0 Å². The maximum atomic E-state index is 11.0. The number of aromatic nitrogens is 1. The summed E-state index contributed by atoms with van der Waals surface area (Å²) in [5, 5.41) is 3.47. The molecule has 1 heterocycles. The number of hydrogen-bond donors (Lipinski definition) is 2. The van der Waals surface area contributed by atoms with Gasteiger partial charge in [0.2, 0.25) is 5.91 Å². The lowest BCUT2D eigenvalue weighted by Gasteiger charge is -2.12. The molecule has 6 heteroatoms. The Morgan fingerprint density at radius 2 is 2.19 bits per heavy atom. The SMILES string of the molecule is CCOc1ccccc1CNc1ncc(C(N)=O)cc1Cl. The van der Waals surface area contributed by atoms with E-state index in [-0.39, 0.29) is 5.56 Å². The van der Waals surface area contributed by atoms with Crippen LogP contribution in [0.1, 0.15) is 22.8 Å². The molecule has 0 aliphatic rings. The number of nitrogens with one attached hydrogen (secondary N) is 1. The molecule has 110 valence electrons. The molecule has 5 nitrogen and oxygen atoms in total. The van der Waals surface area contributed by atoms with E-state index >= 15 is 0 Å². The number of nitrogens with zero attached hydrogens (tertiary/aromatic N) is 1. The molecule has 0 unspecified atom stereocenters. The van der Waals surface area contributed by atoms with Gasteiger partial charge < -0.3 is 15.8 Å². The number of carbonyl (C=O) groups is 1. The number of pyridine rings is 1. The summed E-state index contributed by atoms with van der Waals surface area (Å²) in [6.45, 7) is 3.05. The number of benzene rings is 1. The molecular formula is C15H16ClN3O2. The first-order valence-corrected chi connectivity index (χ1v) is 6.89. The van der Waals surface area contributed by atoms with E-state index in [2.05, 4.69) is 10.3 Å². The van der Waals surface area contributed by atoms with Gasteiger partial charge in [-0.05, 0) is 19.1 Å². The van der Waals surface area contributed by atoms with Crippen molar-refractivity contribution in [1.82, 2.24) is 4.98 Å². The minimum Gasteiger partial charge on any atom is -0.494 e. The summed E-state index contributed by atoms with van der Waals surface area (Å²) < 4.78 is 5.55. The van der Waals surface area contributed by atoms with Crippen LogP contribution in [0.2, 0.25) is 5.02 Å². The van der Waals surface area contributed by atoms with Crippen molar-refractivity contribution < 1.29 is 9.53 Å². The Hall–Kier alpha value is -2.27. The zero-order chi connectivity index (χ0) is 15.2. The van der Waals surface area contributed by atoms with Gasteiger partial charge in [0.05, 0.1) is 17.2 Å². The fourth-order valence-corrected chi connectivity index (χ4v) is 2.06. The third kappa shape index (κ3) is 3.86. The van der Waals surface area contributed by atoms with Crippen LogP contribution in [0.25, 0.3) is 0 Å². The van der Waals surface area contributed by atoms with Crippen molar-refractivity contribution in [2.45, 2.75) is 13.5 Å². The van der Waals surface area contributed by atoms with Crippen LogP contribution in [0.5, 0.6) is 5.75 Å². The van der Waals surface area contributed by atoms with E-state index in [1.165, 1.54) is 12.3 Å². The summed E-state index contributed by atoms with van der Waals surface area (Å²) >= 11 is 6.08. The molecule has 0 bridgehead atoms. The summed E-state index contributed by atoms with van der Waals surface area (Å²) in [5.74, 6) is 0.753.